The number of carbonyl (C=O) groups excluding carboxylic acids is 2. The van der Waals surface area contributed by atoms with Gasteiger partial charge in [-0.2, -0.15) is 0 Å². The van der Waals surface area contributed by atoms with Crippen LogP contribution in [0.25, 0.3) is 0 Å². The van der Waals surface area contributed by atoms with Crippen molar-refractivity contribution >= 4 is 29.2 Å². The highest BCUT2D eigenvalue weighted by Crippen LogP contribution is 2.22. The van der Waals surface area contributed by atoms with E-state index in [9.17, 15) is 14.0 Å². The van der Waals surface area contributed by atoms with Crippen LogP contribution in [-0.2, 0) is 14.3 Å². The van der Waals surface area contributed by atoms with E-state index >= 15 is 0 Å². The summed E-state index contributed by atoms with van der Waals surface area (Å²) in [5.74, 6) is -1.32. The van der Waals surface area contributed by atoms with Gasteiger partial charge in [-0.3, -0.25) is 14.5 Å². The Morgan fingerprint density at radius 1 is 1.50 bits per heavy atom. The largest absolute Gasteiger partial charge is 0.466 e. The maximum absolute atomic E-state index is 13.7. The minimum absolute atomic E-state index is 0.0540. The molecule has 2 rings (SSSR count). The maximum atomic E-state index is 13.7. The summed E-state index contributed by atoms with van der Waals surface area (Å²) in [6, 6.07) is 3.52. The van der Waals surface area contributed by atoms with Crippen LogP contribution in [0.3, 0.4) is 0 Å². The van der Waals surface area contributed by atoms with E-state index in [-0.39, 0.29) is 23.5 Å². The molecule has 0 aromatic heterocycles. The number of esters is 1. The number of likely N-dealkylation sites (tertiary alicyclic amines) is 1. The molecule has 2 atom stereocenters. The van der Waals surface area contributed by atoms with Gasteiger partial charge in [-0.15, -0.1) is 0 Å². The van der Waals surface area contributed by atoms with Crippen LogP contribution in [0.1, 0.15) is 26.7 Å². The molecular formula is C17H22ClFN2O3. The summed E-state index contributed by atoms with van der Waals surface area (Å²) in [6.45, 7) is 5.03. The van der Waals surface area contributed by atoms with Crippen LogP contribution in [0.4, 0.5) is 10.1 Å². The van der Waals surface area contributed by atoms with Gasteiger partial charge < -0.3 is 10.1 Å². The van der Waals surface area contributed by atoms with Crippen molar-refractivity contribution in [1.82, 2.24) is 4.90 Å². The second-order valence-electron chi connectivity index (χ2n) is 5.88. The average molecular weight is 357 g/mol. The predicted molar refractivity (Wildman–Crippen MR) is 90.4 cm³/mol. The smallest absolute Gasteiger partial charge is 0.310 e. The highest BCUT2D eigenvalue weighted by atomic mass is 35.5. The quantitative estimate of drug-likeness (QED) is 0.824. The van der Waals surface area contributed by atoms with Crippen LogP contribution in [0.2, 0.25) is 5.02 Å². The molecule has 1 aliphatic heterocycles. The molecule has 1 heterocycles. The SMILES string of the molecule is CCOC(=O)C1CCCN(C(C)C(=O)Nc2cc(Cl)ccc2F)C1. The summed E-state index contributed by atoms with van der Waals surface area (Å²) in [5, 5.41) is 2.91. The van der Waals surface area contributed by atoms with E-state index in [1.807, 2.05) is 4.90 Å². The lowest BCUT2D eigenvalue weighted by molar-refractivity contribution is -0.150. The number of benzene rings is 1. The average Bonchev–Trinajstić information content (AvgIpc) is 2.57. The minimum Gasteiger partial charge on any atom is -0.466 e. The summed E-state index contributed by atoms with van der Waals surface area (Å²) in [5.41, 5.74) is 0.0540. The molecule has 24 heavy (non-hydrogen) atoms. The third-order valence-electron chi connectivity index (χ3n) is 4.19. The van der Waals surface area contributed by atoms with E-state index in [0.29, 0.717) is 24.7 Å². The Balaban J connectivity index is 1.99. The van der Waals surface area contributed by atoms with Gasteiger partial charge in [-0.1, -0.05) is 11.6 Å². The van der Waals surface area contributed by atoms with Crippen LogP contribution in [0, 0.1) is 11.7 Å². The Kier molecular flexibility index (Phi) is 6.57. The standard InChI is InChI=1S/C17H22ClFN2O3/c1-3-24-17(23)12-5-4-8-21(10-12)11(2)16(22)20-15-9-13(18)6-7-14(15)19/h6-7,9,11-12H,3-5,8,10H2,1-2H3,(H,20,22). The van der Waals surface area contributed by atoms with Gasteiger partial charge in [0, 0.05) is 11.6 Å². The zero-order valence-corrected chi connectivity index (χ0v) is 14.6. The third-order valence-corrected chi connectivity index (χ3v) is 4.42. The summed E-state index contributed by atoms with van der Waals surface area (Å²) >= 11 is 5.83. The van der Waals surface area contributed by atoms with Crippen molar-refractivity contribution in [2.45, 2.75) is 32.7 Å². The van der Waals surface area contributed by atoms with E-state index in [4.69, 9.17) is 16.3 Å². The first kappa shape index (κ1) is 18.7. The topological polar surface area (TPSA) is 58.6 Å². The molecule has 7 heteroatoms. The van der Waals surface area contributed by atoms with Gasteiger partial charge in [-0.25, -0.2) is 4.39 Å². The van der Waals surface area contributed by atoms with Crippen molar-refractivity contribution in [2.75, 3.05) is 25.0 Å². The third kappa shape index (κ3) is 4.68. The first-order chi connectivity index (χ1) is 11.4. The summed E-state index contributed by atoms with van der Waals surface area (Å²) in [7, 11) is 0. The number of carbonyl (C=O) groups is 2. The Labute approximate surface area is 146 Å². The van der Waals surface area contributed by atoms with Crippen molar-refractivity contribution in [3.05, 3.63) is 29.0 Å². The zero-order valence-electron chi connectivity index (χ0n) is 13.9. The van der Waals surface area contributed by atoms with Crippen LogP contribution >= 0.6 is 11.6 Å². The molecule has 1 aliphatic rings. The normalized spacial score (nSPS) is 19.6. The number of halogens is 2. The second-order valence-corrected chi connectivity index (χ2v) is 6.31. The van der Waals surface area contributed by atoms with Gasteiger partial charge in [0.2, 0.25) is 5.91 Å². The number of ether oxygens (including phenoxy) is 1. The lowest BCUT2D eigenvalue weighted by Gasteiger charge is -2.35. The van der Waals surface area contributed by atoms with Gasteiger partial charge in [0.25, 0.3) is 0 Å². The molecule has 1 amide bonds. The van der Waals surface area contributed by atoms with Crippen molar-refractivity contribution in [2.24, 2.45) is 5.92 Å². The van der Waals surface area contributed by atoms with Crippen molar-refractivity contribution in [1.29, 1.82) is 0 Å². The number of anilines is 1. The molecule has 0 saturated carbocycles. The maximum Gasteiger partial charge on any atom is 0.310 e. The number of hydrogen-bond acceptors (Lipinski definition) is 4. The minimum atomic E-state index is -0.539. The van der Waals surface area contributed by atoms with Gasteiger partial charge in [0.05, 0.1) is 24.3 Å². The number of nitrogens with one attached hydrogen (secondary N) is 1. The molecule has 0 spiro atoms. The molecule has 0 radical (unpaired) electrons. The van der Waals surface area contributed by atoms with Gasteiger partial charge in [-0.05, 0) is 51.4 Å². The van der Waals surface area contributed by atoms with E-state index in [0.717, 1.165) is 12.8 Å². The van der Waals surface area contributed by atoms with Crippen LogP contribution in [0.5, 0.6) is 0 Å². The molecule has 1 aromatic rings. The van der Waals surface area contributed by atoms with Crippen molar-refractivity contribution in [3.8, 4) is 0 Å². The number of nitrogens with zero attached hydrogens (tertiary/aromatic N) is 1. The molecule has 132 valence electrons. The van der Waals surface area contributed by atoms with E-state index in [1.54, 1.807) is 13.8 Å². The highest BCUT2D eigenvalue weighted by Gasteiger charge is 2.31. The van der Waals surface area contributed by atoms with E-state index in [2.05, 4.69) is 5.32 Å². The molecule has 0 bridgehead atoms. The molecular weight excluding hydrogens is 335 g/mol. The van der Waals surface area contributed by atoms with Crippen LogP contribution in [-0.4, -0.2) is 42.5 Å². The molecule has 1 saturated heterocycles. The monoisotopic (exact) mass is 356 g/mol. The van der Waals surface area contributed by atoms with E-state index < -0.39 is 11.9 Å². The zero-order chi connectivity index (χ0) is 17.7. The fourth-order valence-electron chi connectivity index (χ4n) is 2.81. The number of amides is 1. The van der Waals surface area contributed by atoms with Crippen molar-refractivity contribution in [3.63, 3.8) is 0 Å². The first-order valence-electron chi connectivity index (χ1n) is 8.09. The van der Waals surface area contributed by atoms with Gasteiger partial charge in [0.15, 0.2) is 0 Å². The van der Waals surface area contributed by atoms with Crippen molar-refractivity contribution < 1.29 is 18.7 Å². The number of piperidine rings is 1. The molecule has 2 unspecified atom stereocenters. The first-order valence-corrected chi connectivity index (χ1v) is 8.46. The lowest BCUT2D eigenvalue weighted by atomic mass is 9.97. The van der Waals surface area contributed by atoms with Gasteiger partial charge >= 0.3 is 5.97 Å². The second kappa shape index (κ2) is 8.44. The predicted octanol–water partition coefficient (Wildman–Crippen LogP) is 3.08. The summed E-state index contributed by atoms with van der Waals surface area (Å²) < 4.78 is 18.8. The Morgan fingerprint density at radius 3 is 2.96 bits per heavy atom. The van der Waals surface area contributed by atoms with Crippen LogP contribution in [0.15, 0.2) is 18.2 Å². The highest BCUT2D eigenvalue weighted by molar-refractivity contribution is 6.30. The Hall–Kier alpha value is -1.66. The fraction of sp³-hybridized carbons (Fsp3) is 0.529. The molecule has 1 N–H and O–H groups in total. The number of rotatable bonds is 5. The molecule has 5 nitrogen and oxygen atoms in total. The number of hydrogen-bond donors (Lipinski definition) is 1. The summed E-state index contributed by atoms with van der Waals surface area (Å²) in [4.78, 5) is 26.2. The molecule has 1 aromatic carbocycles. The summed E-state index contributed by atoms with van der Waals surface area (Å²) in [6.07, 6.45) is 1.57. The fourth-order valence-corrected chi connectivity index (χ4v) is 2.98. The Bertz CT molecular complexity index is 611. The Morgan fingerprint density at radius 2 is 2.25 bits per heavy atom. The lowest BCUT2D eigenvalue weighted by Crippen LogP contribution is -2.48. The van der Waals surface area contributed by atoms with E-state index in [1.165, 1.54) is 18.2 Å². The molecule has 1 fully saturated rings. The molecule has 0 aliphatic carbocycles. The van der Waals surface area contributed by atoms with Gasteiger partial charge in [0.1, 0.15) is 5.82 Å². The van der Waals surface area contributed by atoms with Crippen LogP contribution < -0.4 is 5.32 Å².